The number of fused-ring (bicyclic) bond motifs is 1. The molecule has 1 N–H and O–H groups in total. The third-order valence-corrected chi connectivity index (χ3v) is 5.79. The zero-order valence-electron chi connectivity index (χ0n) is 18.3. The smallest absolute Gasteiger partial charge is 0.262 e. The quantitative estimate of drug-likeness (QED) is 0.331. The van der Waals surface area contributed by atoms with Crippen molar-refractivity contribution >= 4 is 34.3 Å². The van der Waals surface area contributed by atoms with Crippen LogP contribution in [0.4, 0.5) is 5.69 Å². The summed E-state index contributed by atoms with van der Waals surface area (Å²) in [7, 11) is 0. The predicted octanol–water partition coefficient (Wildman–Crippen LogP) is 6.99. The van der Waals surface area contributed by atoms with Crippen LogP contribution in [0.2, 0.25) is 5.02 Å². The van der Waals surface area contributed by atoms with E-state index in [1.807, 2.05) is 55.5 Å². The van der Waals surface area contributed by atoms with Gasteiger partial charge in [0.1, 0.15) is 11.3 Å². The molecule has 0 spiro atoms. The molecule has 0 fully saturated rings. The van der Waals surface area contributed by atoms with Crippen molar-refractivity contribution in [3.63, 3.8) is 0 Å². The molecule has 3 aromatic carbocycles. The van der Waals surface area contributed by atoms with Gasteiger partial charge >= 0.3 is 0 Å². The standard InChI is InChI=1S/C26H25ClN2O3/c1-4-17(3)18-6-9-20(10-7-18)31-15-25(30)28-23-14-19(8-11-21(23)27)26-29-22-12-5-16(2)13-24(22)32-26/h5-14,17H,4,15H2,1-3H3,(H,28,30)/t17-/m1/s1. The van der Waals surface area contributed by atoms with Gasteiger partial charge in [0, 0.05) is 5.56 Å². The maximum absolute atomic E-state index is 12.5. The van der Waals surface area contributed by atoms with E-state index in [2.05, 4.69) is 24.1 Å². The lowest BCUT2D eigenvalue weighted by atomic mass is 9.99. The lowest BCUT2D eigenvalue weighted by Crippen LogP contribution is -2.20. The maximum Gasteiger partial charge on any atom is 0.262 e. The van der Waals surface area contributed by atoms with E-state index >= 15 is 0 Å². The number of hydrogen-bond acceptors (Lipinski definition) is 4. The Balaban J connectivity index is 1.43. The van der Waals surface area contributed by atoms with E-state index in [-0.39, 0.29) is 12.5 Å². The fourth-order valence-corrected chi connectivity index (χ4v) is 3.54. The van der Waals surface area contributed by atoms with Crippen molar-refractivity contribution in [2.24, 2.45) is 0 Å². The van der Waals surface area contributed by atoms with Gasteiger partial charge in [-0.05, 0) is 72.9 Å². The first-order valence-electron chi connectivity index (χ1n) is 10.6. The molecule has 1 aromatic heterocycles. The predicted molar refractivity (Wildman–Crippen MR) is 128 cm³/mol. The topological polar surface area (TPSA) is 64.4 Å². The average molecular weight is 449 g/mol. The highest BCUT2D eigenvalue weighted by atomic mass is 35.5. The number of aryl methyl sites for hydroxylation is 1. The molecule has 32 heavy (non-hydrogen) atoms. The highest BCUT2D eigenvalue weighted by molar-refractivity contribution is 6.33. The molecular weight excluding hydrogens is 424 g/mol. The minimum absolute atomic E-state index is 0.120. The number of aromatic nitrogens is 1. The minimum Gasteiger partial charge on any atom is -0.484 e. The van der Waals surface area contributed by atoms with Gasteiger partial charge in [-0.15, -0.1) is 0 Å². The molecule has 0 saturated heterocycles. The zero-order chi connectivity index (χ0) is 22.7. The van der Waals surface area contributed by atoms with Gasteiger partial charge in [-0.3, -0.25) is 4.79 Å². The Morgan fingerprint density at radius 3 is 2.66 bits per heavy atom. The fraction of sp³-hybridized carbons (Fsp3) is 0.231. The molecule has 0 radical (unpaired) electrons. The fourth-order valence-electron chi connectivity index (χ4n) is 3.37. The lowest BCUT2D eigenvalue weighted by molar-refractivity contribution is -0.118. The van der Waals surface area contributed by atoms with E-state index in [0.29, 0.717) is 33.9 Å². The van der Waals surface area contributed by atoms with Gasteiger partial charge in [-0.25, -0.2) is 4.98 Å². The van der Waals surface area contributed by atoms with Gasteiger partial charge in [-0.1, -0.05) is 43.6 Å². The van der Waals surface area contributed by atoms with Crippen LogP contribution in [-0.2, 0) is 4.79 Å². The van der Waals surface area contributed by atoms with Crippen LogP contribution in [0, 0.1) is 6.92 Å². The van der Waals surface area contributed by atoms with E-state index in [1.165, 1.54) is 5.56 Å². The number of rotatable bonds is 7. The van der Waals surface area contributed by atoms with E-state index in [0.717, 1.165) is 23.1 Å². The van der Waals surface area contributed by atoms with Crippen molar-refractivity contribution < 1.29 is 13.9 Å². The van der Waals surface area contributed by atoms with Crippen molar-refractivity contribution in [1.82, 2.24) is 4.98 Å². The molecule has 0 aliphatic rings. The molecule has 6 heteroatoms. The van der Waals surface area contributed by atoms with Crippen LogP contribution >= 0.6 is 11.6 Å². The van der Waals surface area contributed by atoms with Crippen molar-refractivity contribution in [2.45, 2.75) is 33.1 Å². The van der Waals surface area contributed by atoms with E-state index in [1.54, 1.807) is 12.1 Å². The van der Waals surface area contributed by atoms with Gasteiger partial charge in [0.05, 0.1) is 10.7 Å². The van der Waals surface area contributed by atoms with E-state index < -0.39 is 0 Å². The van der Waals surface area contributed by atoms with Crippen molar-refractivity contribution in [1.29, 1.82) is 0 Å². The summed E-state index contributed by atoms with van der Waals surface area (Å²) in [6, 6.07) is 19.0. The maximum atomic E-state index is 12.5. The Morgan fingerprint density at radius 1 is 1.12 bits per heavy atom. The van der Waals surface area contributed by atoms with Crippen LogP contribution < -0.4 is 10.1 Å². The molecule has 4 rings (SSSR count). The molecule has 0 saturated carbocycles. The van der Waals surface area contributed by atoms with E-state index in [9.17, 15) is 4.79 Å². The van der Waals surface area contributed by atoms with E-state index in [4.69, 9.17) is 20.8 Å². The number of amides is 1. The molecule has 4 aromatic rings. The number of hydrogen-bond donors (Lipinski definition) is 1. The summed E-state index contributed by atoms with van der Waals surface area (Å²) in [5.41, 5.74) is 5.04. The minimum atomic E-state index is -0.303. The Labute approximate surface area is 192 Å². The zero-order valence-corrected chi connectivity index (χ0v) is 19.1. The third-order valence-electron chi connectivity index (χ3n) is 5.46. The normalized spacial score (nSPS) is 12.0. The monoisotopic (exact) mass is 448 g/mol. The first-order valence-corrected chi connectivity index (χ1v) is 11.0. The SMILES string of the molecule is CC[C@@H](C)c1ccc(OCC(=O)Nc2cc(-c3nc4ccc(C)cc4o3)ccc2Cl)cc1. The summed E-state index contributed by atoms with van der Waals surface area (Å²) in [6.07, 6.45) is 1.08. The largest absolute Gasteiger partial charge is 0.484 e. The molecule has 0 unspecified atom stereocenters. The number of anilines is 1. The van der Waals surface area contributed by atoms with Crippen LogP contribution in [0.1, 0.15) is 37.3 Å². The Morgan fingerprint density at radius 2 is 1.91 bits per heavy atom. The van der Waals surface area contributed by atoms with Gasteiger partial charge < -0.3 is 14.5 Å². The second-order valence-corrected chi connectivity index (χ2v) is 8.31. The first-order chi connectivity index (χ1) is 15.4. The summed E-state index contributed by atoms with van der Waals surface area (Å²) >= 11 is 6.30. The highest BCUT2D eigenvalue weighted by Crippen LogP contribution is 2.31. The number of nitrogens with one attached hydrogen (secondary N) is 1. The number of halogens is 1. The highest BCUT2D eigenvalue weighted by Gasteiger charge is 2.13. The first kappa shape index (κ1) is 21.9. The Kier molecular flexibility index (Phi) is 6.47. The summed E-state index contributed by atoms with van der Waals surface area (Å²) < 4.78 is 11.5. The number of oxazole rings is 1. The summed E-state index contributed by atoms with van der Waals surface area (Å²) in [5.74, 6) is 1.31. The van der Waals surface area contributed by atoms with Gasteiger partial charge in [0.15, 0.2) is 12.2 Å². The number of ether oxygens (including phenoxy) is 1. The second kappa shape index (κ2) is 9.45. The second-order valence-electron chi connectivity index (χ2n) is 7.90. The van der Waals surface area contributed by atoms with Gasteiger partial charge in [0.2, 0.25) is 5.89 Å². The molecule has 1 atom stereocenters. The molecule has 5 nitrogen and oxygen atoms in total. The molecule has 0 bridgehead atoms. The van der Waals surface area contributed by atoms with Crippen LogP contribution in [0.3, 0.4) is 0 Å². The average Bonchev–Trinajstić information content (AvgIpc) is 3.22. The molecule has 1 heterocycles. The molecule has 164 valence electrons. The molecular formula is C26H25ClN2O3. The summed E-state index contributed by atoms with van der Waals surface area (Å²) in [6.45, 7) is 6.22. The van der Waals surface area contributed by atoms with Gasteiger partial charge in [-0.2, -0.15) is 0 Å². The van der Waals surface area contributed by atoms with Crippen molar-refractivity contribution in [3.8, 4) is 17.2 Å². The number of benzene rings is 3. The Bertz CT molecular complexity index is 1250. The van der Waals surface area contributed by atoms with Gasteiger partial charge in [0.25, 0.3) is 5.91 Å². The van der Waals surface area contributed by atoms with Crippen LogP contribution in [0.15, 0.2) is 65.1 Å². The lowest BCUT2D eigenvalue weighted by Gasteiger charge is -2.11. The summed E-state index contributed by atoms with van der Waals surface area (Å²) in [4.78, 5) is 17.0. The van der Waals surface area contributed by atoms with Crippen LogP contribution in [-0.4, -0.2) is 17.5 Å². The number of carbonyl (C=O) groups is 1. The molecule has 0 aliphatic heterocycles. The molecule has 0 aliphatic carbocycles. The van der Waals surface area contributed by atoms with Crippen molar-refractivity contribution in [2.75, 3.05) is 11.9 Å². The molecule has 1 amide bonds. The van der Waals surface area contributed by atoms with Crippen molar-refractivity contribution in [3.05, 3.63) is 76.8 Å². The van der Waals surface area contributed by atoms with Crippen LogP contribution in [0.5, 0.6) is 5.75 Å². The third kappa shape index (κ3) is 4.94. The summed E-state index contributed by atoms with van der Waals surface area (Å²) in [5, 5.41) is 3.23. The van der Waals surface area contributed by atoms with Crippen LogP contribution in [0.25, 0.3) is 22.6 Å². The number of carbonyl (C=O) groups excluding carboxylic acids is 1. The Hall–Kier alpha value is -3.31. The number of nitrogens with zero attached hydrogens (tertiary/aromatic N) is 1.